The Morgan fingerprint density at radius 3 is 2.46 bits per heavy atom. The Balaban J connectivity index is 1.25. The second-order valence-corrected chi connectivity index (χ2v) is 8.93. The highest BCUT2D eigenvalue weighted by Crippen LogP contribution is 2.29. The largest absolute Gasteiger partial charge is 0.378 e. The first kappa shape index (κ1) is 23.3. The first-order valence-electron chi connectivity index (χ1n) is 12.4. The molecule has 1 aromatic carbocycles. The second-order valence-electron chi connectivity index (χ2n) is 8.93. The van der Waals surface area contributed by atoms with Gasteiger partial charge in [0, 0.05) is 61.4 Å². The summed E-state index contributed by atoms with van der Waals surface area (Å²) in [6.45, 7) is 9.43. The van der Waals surface area contributed by atoms with Gasteiger partial charge < -0.3 is 24.6 Å². The van der Waals surface area contributed by atoms with E-state index in [2.05, 4.69) is 65.9 Å². The van der Waals surface area contributed by atoms with Crippen LogP contribution in [0.4, 0.5) is 17.5 Å². The molecule has 0 spiro atoms. The highest BCUT2D eigenvalue weighted by molar-refractivity contribution is 5.89. The van der Waals surface area contributed by atoms with E-state index in [-0.39, 0.29) is 6.10 Å². The molecule has 5 heterocycles. The molecule has 3 aromatic heterocycles. The number of hydrogen-bond acceptors (Lipinski definition) is 10. The van der Waals surface area contributed by atoms with Gasteiger partial charge in [0.2, 0.25) is 5.95 Å². The van der Waals surface area contributed by atoms with Gasteiger partial charge in [0.05, 0.1) is 37.6 Å². The van der Waals surface area contributed by atoms with Gasteiger partial charge in [0.1, 0.15) is 11.6 Å². The minimum Gasteiger partial charge on any atom is -0.378 e. The molecule has 0 aliphatic carbocycles. The lowest BCUT2D eigenvalue weighted by atomic mass is 10.1. The number of nitrogens with zero attached hydrogens (tertiary/aromatic N) is 7. The lowest BCUT2D eigenvalue weighted by Crippen LogP contribution is -2.45. The number of rotatable bonds is 6. The van der Waals surface area contributed by atoms with Gasteiger partial charge in [-0.3, -0.25) is 4.98 Å². The van der Waals surface area contributed by atoms with Crippen LogP contribution in [0.5, 0.6) is 0 Å². The number of pyridine rings is 1. The lowest BCUT2D eigenvalue weighted by molar-refractivity contribution is 0.0646. The molecule has 1 N–H and O–H groups in total. The summed E-state index contributed by atoms with van der Waals surface area (Å²) >= 11 is 0. The highest BCUT2D eigenvalue weighted by Gasteiger charge is 2.25. The molecule has 1 atom stereocenters. The topological polar surface area (TPSA) is 101 Å². The first-order valence-corrected chi connectivity index (χ1v) is 12.4. The molecule has 10 heteroatoms. The maximum absolute atomic E-state index is 6.02. The monoisotopic (exact) mass is 496 g/mol. The van der Waals surface area contributed by atoms with Crippen LogP contribution in [0.2, 0.25) is 0 Å². The Morgan fingerprint density at radius 2 is 1.65 bits per heavy atom. The quantitative estimate of drug-likeness (QED) is 0.428. The van der Waals surface area contributed by atoms with Gasteiger partial charge >= 0.3 is 0 Å². The Kier molecular flexibility index (Phi) is 6.57. The fourth-order valence-corrected chi connectivity index (χ4v) is 4.60. The van der Waals surface area contributed by atoms with Gasteiger partial charge in [-0.05, 0) is 24.3 Å². The summed E-state index contributed by atoms with van der Waals surface area (Å²) in [5, 5.41) is 3.38. The molecule has 0 saturated carbocycles. The lowest BCUT2D eigenvalue weighted by Gasteiger charge is -2.34. The van der Waals surface area contributed by atoms with Crippen LogP contribution in [0.1, 0.15) is 0 Å². The van der Waals surface area contributed by atoms with Crippen LogP contribution in [0.3, 0.4) is 0 Å². The third-order valence-electron chi connectivity index (χ3n) is 6.56. The number of morpholine rings is 2. The number of fused-ring (bicyclic) bond motifs is 1. The minimum absolute atomic E-state index is 0.262. The number of aromatic nitrogens is 5. The van der Waals surface area contributed by atoms with E-state index >= 15 is 0 Å². The van der Waals surface area contributed by atoms with Crippen molar-refractivity contribution >= 4 is 28.5 Å². The van der Waals surface area contributed by atoms with Crippen molar-refractivity contribution in [1.29, 1.82) is 0 Å². The Bertz CT molecular complexity index is 1380. The summed E-state index contributed by atoms with van der Waals surface area (Å²) in [6, 6.07) is 12.2. The Hall–Kier alpha value is -4.15. The van der Waals surface area contributed by atoms with Crippen LogP contribution in [0.15, 0.2) is 73.5 Å². The van der Waals surface area contributed by atoms with Crippen molar-refractivity contribution in [2.24, 2.45) is 0 Å². The van der Waals surface area contributed by atoms with Crippen molar-refractivity contribution in [1.82, 2.24) is 24.9 Å². The number of anilines is 3. The van der Waals surface area contributed by atoms with E-state index in [9.17, 15) is 0 Å². The third-order valence-corrected chi connectivity index (χ3v) is 6.56. The van der Waals surface area contributed by atoms with Gasteiger partial charge in [-0.2, -0.15) is 0 Å². The highest BCUT2D eigenvalue weighted by atomic mass is 16.5. The molecule has 0 bridgehead atoms. The zero-order valence-corrected chi connectivity index (χ0v) is 20.5. The van der Waals surface area contributed by atoms with Crippen LogP contribution in [0.25, 0.3) is 22.3 Å². The molecule has 10 nitrogen and oxygen atoms in total. The molecule has 0 unspecified atom stereocenters. The van der Waals surface area contributed by atoms with Crippen molar-refractivity contribution in [3.05, 3.63) is 73.5 Å². The van der Waals surface area contributed by atoms with E-state index < -0.39 is 0 Å². The van der Waals surface area contributed by atoms with E-state index in [4.69, 9.17) is 14.5 Å². The van der Waals surface area contributed by atoms with Gasteiger partial charge in [-0.1, -0.05) is 18.7 Å². The molecule has 4 aromatic rings. The SMILES string of the molecule is C=C(Nc1nc(-c2ccc(N3CCOCC3)cc2)cc2nccnc12)[C@@H]1CN(c2ncccn2)CCO1. The second kappa shape index (κ2) is 10.5. The van der Waals surface area contributed by atoms with Crippen molar-refractivity contribution in [2.75, 3.05) is 61.1 Å². The normalized spacial score (nSPS) is 18.1. The zero-order chi connectivity index (χ0) is 25.0. The summed E-state index contributed by atoms with van der Waals surface area (Å²) in [7, 11) is 0. The van der Waals surface area contributed by atoms with Gasteiger partial charge in [-0.25, -0.2) is 19.9 Å². The maximum atomic E-state index is 6.02. The van der Waals surface area contributed by atoms with Crippen LogP contribution in [-0.2, 0) is 9.47 Å². The maximum Gasteiger partial charge on any atom is 0.225 e. The van der Waals surface area contributed by atoms with E-state index in [1.54, 1.807) is 24.8 Å². The molecule has 0 radical (unpaired) electrons. The predicted molar refractivity (Wildman–Crippen MR) is 143 cm³/mol. The Labute approximate surface area is 215 Å². The van der Waals surface area contributed by atoms with Crippen LogP contribution in [-0.4, -0.2) is 77.0 Å². The summed E-state index contributed by atoms with van der Waals surface area (Å²) < 4.78 is 11.5. The van der Waals surface area contributed by atoms with Crippen molar-refractivity contribution in [2.45, 2.75) is 6.10 Å². The van der Waals surface area contributed by atoms with Gasteiger partial charge in [-0.15, -0.1) is 0 Å². The predicted octanol–water partition coefficient (Wildman–Crippen LogP) is 3.15. The average Bonchev–Trinajstić information content (AvgIpc) is 2.98. The molecular formula is C27H28N8O2. The van der Waals surface area contributed by atoms with Crippen molar-refractivity contribution < 1.29 is 9.47 Å². The summed E-state index contributed by atoms with van der Waals surface area (Å²) in [5.41, 5.74) is 5.11. The molecular weight excluding hydrogens is 468 g/mol. The Morgan fingerprint density at radius 1 is 0.892 bits per heavy atom. The number of nitrogens with one attached hydrogen (secondary N) is 1. The van der Waals surface area contributed by atoms with Gasteiger partial charge in [0.15, 0.2) is 5.82 Å². The fourth-order valence-electron chi connectivity index (χ4n) is 4.60. The summed E-state index contributed by atoms with van der Waals surface area (Å²) in [5.74, 6) is 1.28. The van der Waals surface area contributed by atoms with Gasteiger partial charge in [0.25, 0.3) is 0 Å². The molecule has 188 valence electrons. The van der Waals surface area contributed by atoms with Crippen molar-refractivity contribution in [3.8, 4) is 11.3 Å². The number of ether oxygens (including phenoxy) is 2. The molecule has 2 aliphatic rings. The molecule has 0 amide bonds. The fraction of sp³-hybridized carbons (Fsp3) is 0.296. The zero-order valence-electron chi connectivity index (χ0n) is 20.5. The molecule has 6 rings (SSSR count). The number of benzene rings is 1. The molecule has 2 aliphatic heterocycles. The minimum atomic E-state index is -0.262. The van der Waals surface area contributed by atoms with Crippen molar-refractivity contribution in [3.63, 3.8) is 0 Å². The number of hydrogen-bond donors (Lipinski definition) is 1. The third kappa shape index (κ3) is 5.07. The van der Waals surface area contributed by atoms with Crippen LogP contribution >= 0.6 is 0 Å². The van der Waals surface area contributed by atoms with E-state index in [1.165, 1.54) is 5.69 Å². The van der Waals surface area contributed by atoms with E-state index in [0.717, 1.165) is 49.6 Å². The standard InChI is InChI=1S/C27H28N8O2/c1-19(24-18-35(13-16-37-24)27-30-7-2-8-31-27)32-26-25-23(28-9-10-29-25)17-22(33-26)20-3-5-21(6-4-20)34-11-14-36-15-12-34/h2-10,17,24H,1,11-16,18H2,(H,32,33)/t24-/m0/s1. The average molecular weight is 497 g/mol. The van der Waals surface area contributed by atoms with E-state index in [1.807, 2.05) is 12.1 Å². The molecule has 2 fully saturated rings. The molecule has 2 saturated heterocycles. The van der Waals surface area contributed by atoms with Crippen LogP contribution in [0, 0.1) is 0 Å². The summed E-state index contributed by atoms with van der Waals surface area (Å²) in [4.78, 5) is 27.2. The first-order chi connectivity index (χ1) is 18.2. The summed E-state index contributed by atoms with van der Waals surface area (Å²) in [6.07, 6.45) is 6.58. The van der Waals surface area contributed by atoms with Crippen LogP contribution < -0.4 is 15.1 Å². The smallest absolute Gasteiger partial charge is 0.225 e. The molecule has 37 heavy (non-hydrogen) atoms. The van der Waals surface area contributed by atoms with E-state index in [0.29, 0.717) is 36.1 Å².